The van der Waals surface area contributed by atoms with Crippen LogP contribution in [0.3, 0.4) is 0 Å². The van der Waals surface area contributed by atoms with E-state index in [1.54, 1.807) is 28.3 Å². The minimum absolute atomic E-state index is 0. The zero-order valence-electron chi connectivity index (χ0n) is 20.0. The van der Waals surface area contributed by atoms with Crippen LogP contribution in [0.25, 0.3) is 0 Å². The van der Waals surface area contributed by atoms with Gasteiger partial charge in [-0.15, -0.1) is 24.0 Å². The predicted octanol–water partition coefficient (Wildman–Crippen LogP) is 2.96. The smallest absolute Gasteiger partial charge is 0.243 e. The highest BCUT2D eigenvalue weighted by atomic mass is 127. The number of carbonyl (C=O) groups excluding carboxylic acids is 1. The Morgan fingerprint density at radius 3 is 2.27 bits per heavy atom. The lowest BCUT2D eigenvalue weighted by Gasteiger charge is -2.19. The van der Waals surface area contributed by atoms with Crippen molar-refractivity contribution in [3.63, 3.8) is 0 Å². The van der Waals surface area contributed by atoms with Crippen molar-refractivity contribution in [1.29, 1.82) is 0 Å². The van der Waals surface area contributed by atoms with Crippen LogP contribution in [0.15, 0.2) is 53.5 Å². The number of methoxy groups -OCH3 is 2. The Balaban J connectivity index is 0.00000544. The molecule has 182 valence electrons. The molecule has 33 heavy (non-hydrogen) atoms. The largest absolute Gasteiger partial charge is 0.497 e. The van der Waals surface area contributed by atoms with Gasteiger partial charge in [0.15, 0.2) is 17.5 Å². The van der Waals surface area contributed by atoms with Crippen molar-refractivity contribution in [3.05, 3.63) is 54.1 Å². The van der Waals surface area contributed by atoms with E-state index in [0.29, 0.717) is 30.5 Å². The zero-order valence-corrected chi connectivity index (χ0v) is 22.3. The Morgan fingerprint density at radius 1 is 1.00 bits per heavy atom. The topological polar surface area (TPSA) is 84.4 Å². The summed E-state index contributed by atoms with van der Waals surface area (Å²) in [4.78, 5) is 17.9. The number of amides is 1. The first-order chi connectivity index (χ1) is 15.4. The summed E-state index contributed by atoms with van der Waals surface area (Å²) in [5.74, 6) is 2.68. The molecule has 1 atom stereocenters. The monoisotopic (exact) mass is 570 g/mol. The molecule has 1 amide bonds. The SMILES string of the molecule is COc1ccc(CCNC(=NCC(=O)N(C)C)NCC(C)Oc2ccccc2OC)cc1.I. The van der Waals surface area contributed by atoms with Crippen molar-refractivity contribution in [3.8, 4) is 17.2 Å². The second kappa shape index (κ2) is 15.2. The first-order valence-corrected chi connectivity index (χ1v) is 10.6. The van der Waals surface area contributed by atoms with Gasteiger partial charge >= 0.3 is 0 Å². The Labute approximate surface area is 213 Å². The molecule has 0 heterocycles. The number of benzene rings is 2. The van der Waals surface area contributed by atoms with Crippen molar-refractivity contribution >= 4 is 35.8 Å². The van der Waals surface area contributed by atoms with Crippen molar-refractivity contribution < 1.29 is 19.0 Å². The molecule has 2 N–H and O–H groups in total. The molecule has 1 unspecified atom stereocenters. The Hall–Kier alpha value is -2.69. The summed E-state index contributed by atoms with van der Waals surface area (Å²) in [5, 5.41) is 6.55. The molecule has 8 nitrogen and oxygen atoms in total. The van der Waals surface area contributed by atoms with Gasteiger partial charge in [-0.3, -0.25) is 4.79 Å². The van der Waals surface area contributed by atoms with E-state index in [1.165, 1.54) is 10.5 Å². The second-order valence-corrected chi connectivity index (χ2v) is 7.44. The number of likely N-dealkylation sites (N-methyl/N-ethyl adjacent to an activating group) is 1. The maximum Gasteiger partial charge on any atom is 0.243 e. The fraction of sp³-hybridized carbons (Fsp3) is 0.417. The van der Waals surface area contributed by atoms with Crippen molar-refractivity contribution in [2.75, 3.05) is 47.9 Å². The molecule has 0 aromatic heterocycles. The highest BCUT2D eigenvalue weighted by Crippen LogP contribution is 2.26. The maximum absolute atomic E-state index is 12.0. The van der Waals surface area contributed by atoms with Gasteiger partial charge in [0.1, 0.15) is 18.4 Å². The Kier molecular flexibility index (Phi) is 13.1. The van der Waals surface area contributed by atoms with Crippen LogP contribution >= 0.6 is 24.0 Å². The highest BCUT2D eigenvalue weighted by molar-refractivity contribution is 14.0. The van der Waals surface area contributed by atoms with Crippen molar-refractivity contribution in [1.82, 2.24) is 15.5 Å². The van der Waals surface area contributed by atoms with Crippen LogP contribution in [0, 0.1) is 0 Å². The summed E-state index contributed by atoms with van der Waals surface area (Å²) in [6, 6.07) is 15.5. The summed E-state index contributed by atoms with van der Waals surface area (Å²) in [6.45, 7) is 3.19. The molecular weight excluding hydrogens is 535 g/mol. The van der Waals surface area contributed by atoms with E-state index >= 15 is 0 Å². The number of nitrogens with zero attached hydrogens (tertiary/aromatic N) is 2. The number of carbonyl (C=O) groups is 1. The van der Waals surface area contributed by atoms with Gasteiger partial charge in [-0.1, -0.05) is 24.3 Å². The summed E-state index contributed by atoms with van der Waals surface area (Å²) in [5.41, 5.74) is 1.18. The molecule has 0 aliphatic carbocycles. The fourth-order valence-electron chi connectivity index (χ4n) is 2.79. The quantitative estimate of drug-likeness (QED) is 0.246. The molecule has 0 saturated carbocycles. The average Bonchev–Trinajstić information content (AvgIpc) is 2.80. The van der Waals surface area contributed by atoms with Gasteiger partial charge in [0.2, 0.25) is 5.91 Å². The molecule has 0 aliphatic heterocycles. The third-order valence-corrected chi connectivity index (χ3v) is 4.69. The lowest BCUT2D eigenvalue weighted by molar-refractivity contribution is -0.127. The first kappa shape index (κ1) is 28.3. The van der Waals surface area contributed by atoms with Crippen LogP contribution in [0.5, 0.6) is 17.2 Å². The number of ether oxygens (including phenoxy) is 3. The number of rotatable bonds is 11. The van der Waals surface area contributed by atoms with E-state index in [9.17, 15) is 4.79 Å². The van der Waals surface area contributed by atoms with Gasteiger partial charge in [-0.2, -0.15) is 0 Å². The van der Waals surface area contributed by atoms with E-state index < -0.39 is 0 Å². The van der Waals surface area contributed by atoms with Crippen molar-refractivity contribution in [2.45, 2.75) is 19.4 Å². The normalized spacial score (nSPS) is 11.6. The van der Waals surface area contributed by atoms with Gasteiger partial charge in [0, 0.05) is 20.6 Å². The molecule has 0 fully saturated rings. The van der Waals surface area contributed by atoms with Gasteiger partial charge in [0.05, 0.1) is 20.8 Å². The van der Waals surface area contributed by atoms with E-state index in [0.717, 1.165) is 12.2 Å². The van der Waals surface area contributed by atoms with Crippen LogP contribution in [0.1, 0.15) is 12.5 Å². The lowest BCUT2D eigenvalue weighted by Crippen LogP contribution is -2.43. The predicted molar refractivity (Wildman–Crippen MR) is 142 cm³/mol. The Morgan fingerprint density at radius 2 is 1.67 bits per heavy atom. The molecule has 0 bridgehead atoms. The van der Waals surface area contributed by atoms with Crippen molar-refractivity contribution in [2.24, 2.45) is 4.99 Å². The zero-order chi connectivity index (χ0) is 23.3. The van der Waals surface area contributed by atoms with Crippen LogP contribution in [0.4, 0.5) is 0 Å². The third-order valence-electron chi connectivity index (χ3n) is 4.69. The number of nitrogens with one attached hydrogen (secondary N) is 2. The lowest BCUT2D eigenvalue weighted by atomic mass is 10.1. The minimum atomic E-state index is -0.149. The summed E-state index contributed by atoms with van der Waals surface area (Å²) in [6.07, 6.45) is 0.656. The van der Waals surface area contributed by atoms with E-state index in [1.807, 2.05) is 55.5 Å². The van der Waals surface area contributed by atoms with Crippen LogP contribution in [-0.2, 0) is 11.2 Å². The van der Waals surface area contributed by atoms with Crippen LogP contribution < -0.4 is 24.8 Å². The summed E-state index contributed by atoms with van der Waals surface area (Å²) < 4.78 is 16.5. The number of aliphatic imine (C=N–C) groups is 1. The van der Waals surface area contributed by atoms with Gasteiger partial charge in [0.25, 0.3) is 0 Å². The molecule has 0 radical (unpaired) electrons. The van der Waals surface area contributed by atoms with E-state index in [-0.39, 0.29) is 42.5 Å². The average molecular weight is 570 g/mol. The van der Waals surface area contributed by atoms with Gasteiger partial charge in [-0.05, 0) is 43.2 Å². The maximum atomic E-state index is 12.0. The third kappa shape index (κ3) is 10.2. The molecule has 0 aliphatic rings. The molecule has 0 spiro atoms. The number of guanidine groups is 1. The molecule has 2 aromatic rings. The fourth-order valence-corrected chi connectivity index (χ4v) is 2.79. The van der Waals surface area contributed by atoms with Crippen LogP contribution in [0.2, 0.25) is 0 Å². The number of hydrogen-bond donors (Lipinski definition) is 2. The molecule has 2 rings (SSSR count). The molecule has 2 aromatic carbocycles. The van der Waals surface area contributed by atoms with Crippen LogP contribution in [-0.4, -0.2) is 70.8 Å². The number of para-hydroxylation sites is 2. The van der Waals surface area contributed by atoms with E-state index in [4.69, 9.17) is 14.2 Å². The van der Waals surface area contributed by atoms with E-state index in [2.05, 4.69) is 15.6 Å². The first-order valence-electron chi connectivity index (χ1n) is 10.6. The Bertz CT molecular complexity index is 875. The standard InChI is InChI=1S/C24H34N4O4.HI/c1-18(32-22-9-7-6-8-21(22)31-5)16-26-24(27-17-23(29)28(2)3)25-15-14-19-10-12-20(30-4)13-11-19;/h6-13,18H,14-17H2,1-5H3,(H2,25,26,27);1H. The van der Waals surface area contributed by atoms with Gasteiger partial charge < -0.3 is 29.7 Å². The highest BCUT2D eigenvalue weighted by Gasteiger charge is 2.10. The molecule has 9 heteroatoms. The second-order valence-electron chi connectivity index (χ2n) is 7.44. The summed E-state index contributed by atoms with van der Waals surface area (Å²) >= 11 is 0. The number of hydrogen-bond acceptors (Lipinski definition) is 5. The van der Waals surface area contributed by atoms with Gasteiger partial charge in [-0.25, -0.2) is 4.99 Å². The molecular formula is C24H35IN4O4. The summed E-state index contributed by atoms with van der Waals surface area (Å²) in [7, 11) is 6.69. The number of halogens is 1. The minimum Gasteiger partial charge on any atom is -0.497 e. The molecule has 0 saturated heterocycles.